The number of halogens is 3. The smallest absolute Gasteiger partial charge is 0.451 e. The Bertz CT molecular complexity index is 891. The molecule has 126 valence electrons. The van der Waals surface area contributed by atoms with Gasteiger partial charge >= 0.3 is 6.18 Å². The van der Waals surface area contributed by atoms with Crippen molar-refractivity contribution in [3.8, 4) is 11.8 Å². The summed E-state index contributed by atoms with van der Waals surface area (Å²) in [6.07, 6.45) is -1.95. The third-order valence-corrected chi connectivity index (χ3v) is 3.11. The van der Waals surface area contributed by atoms with Crippen molar-refractivity contribution in [2.24, 2.45) is 0 Å². The van der Waals surface area contributed by atoms with Crippen LogP contribution in [0.25, 0.3) is 17.1 Å². The van der Waals surface area contributed by atoms with Gasteiger partial charge in [0.15, 0.2) is 11.2 Å². The highest BCUT2D eigenvalue weighted by Crippen LogP contribution is 2.31. The zero-order chi connectivity index (χ0) is 17.5. The van der Waals surface area contributed by atoms with E-state index in [2.05, 4.69) is 24.9 Å². The van der Waals surface area contributed by atoms with E-state index >= 15 is 0 Å². The summed E-state index contributed by atoms with van der Waals surface area (Å²) >= 11 is 0. The lowest BCUT2D eigenvalue weighted by molar-refractivity contribution is -0.145. The molecule has 3 rings (SSSR count). The molecular weight excluding hydrogens is 327 g/mol. The molecule has 0 aliphatic heterocycles. The molecule has 3 aromatic heterocycles. The minimum atomic E-state index is -4.72. The SMILES string of the molecule is COc1nc(C(F)(F)F)nc2c1ncn2-c1nccc(N(C)C)n1. The summed E-state index contributed by atoms with van der Waals surface area (Å²) < 4.78 is 45.1. The largest absolute Gasteiger partial charge is 0.479 e. The molecule has 3 aromatic rings. The molecule has 0 aliphatic rings. The summed E-state index contributed by atoms with van der Waals surface area (Å²) in [5.41, 5.74) is -0.00515. The molecule has 11 heteroatoms. The Morgan fingerprint density at radius 3 is 2.50 bits per heavy atom. The zero-order valence-electron chi connectivity index (χ0n) is 12.9. The number of hydrogen-bond donors (Lipinski definition) is 0. The summed E-state index contributed by atoms with van der Waals surface area (Å²) in [4.78, 5) is 21.0. The zero-order valence-corrected chi connectivity index (χ0v) is 12.9. The second-order valence-corrected chi connectivity index (χ2v) is 4.95. The van der Waals surface area contributed by atoms with E-state index in [1.165, 1.54) is 24.2 Å². The predicted octanol–water partition coefficient (Wildman–Crippen LogP) is 1.70. The lowest BCUT2D eigenvalue weighted by atomic mass is 10.4. The molecule has 0 atom stereocenters. The highest BCUT2D eigenvalue weighted by molar-refractivity contribution is 5.77. The number of rotatable bonds is 3. The Morgan fingerprint density at radius 1 is 1.12 bits per heavy atom. The number of aromatic nitrogens is 6. The van der Waals surface area contributed by atoms with Crippen molar-refractivity contribution in [1.82, 2.24) is 29.5 Å². The van der Waals surface area contributed by atoms with E-state index in [0.717, 1.165) is 0 Å². The molecule has 0 spiro atoms. The summed E-state index contributed by atoms with van der Waals surface area (Å²) in [7, 11) is 4.78. The first kappa shape index (κ1) is 15.9. The van der Waals surface area contributed by atoms with E-state index in [1.807, 2.05) is 0 Å². The summed E-state index contributed by atoms with van der Waals surface area (Å²) in [6, 6.07) is 1.67. The number of ether oxygens (including phenoxy) is 1. The predicted molar refractivity (Wildman–Crippen MR) is 78.1 cm³/mol. The molecule has 0 aromatic carbocycles. The average molecular weight is 339 g/mol. The molecule has 0 bridgehead atoms. The molecule has 0 fully saturated rings. The maximum absolute atomic E-state index is 13.0. The molecular formula is C13H12F3N7O. The number of fused-ring (bicyclic) bond motifs is 1. The van der Waals surface area contributed by atoms with Gasteiger partial charge in [0, 0.05) is 20.3 Å². The number of methoxy groups -OCH3 is 1. The minimum Gasteiger partial charge on any atom is -0.479 e. The van der Waals surface area contributed by atoms with Crippen molar-refractivity contribution < 1.29 is 17.9 Å². The molecule has 8 nitrogen and oxygen atoms in total. The molecule has 0 aliphatic carbocycles. The van der Waals surface area contributed by atoms with Crippen molar-refractivity contribution in [2.45, 2.75) is 6.18 Å². The molecule has 0 saturated heterocycles. The molecule has 24 heavy (non-hydrogen) atoms. The maximum Gasteiger partial charge on any atom is 0.451 e. The first-order valence-electron chi connectivity index (χ1n) is 6.68. The minimum absolute atomic E-state index is 0.0874. The van der Waals surface area contributed by atoms with Gasteiger partial charge in [0.25, 0.3) is 0 Å². The summed E-state index contributed by atoms with van der Waals surface area (Å²) in [5, 5.41) is 0. The van der Waals surface area contributed by atoms with Gasteiger partial charge in [-0.25, -0.2) is 15.0 Å². The van der Waals surface area contributed by atoms with Gasteiger partial charge in [-0.3, -0.25) is 4.57 Å². The van der Waals surface area contributed by atoms with Gasteiger partial charge in [-0.15, -0.1) is 0 Å². The highest BCUT2D eigenvalue weighted by Gasteiger charge is 2.36. The van der Waals surface area contributed by atoms with Crippen LogP contribution in [-0.2, 0) is 6.18 Å². The Balaban J connectivity index is 2.24. The van der Waals surface area contributed by atoms with Gasteiger partial charge in [-0.1, -0.05) is 0 Å². The Kier molecular flexibility index (Phi) is 3.70. The van der Waals surface area contributed by atoms with Gasteiger partial charge in [0.1, 0.15) is 12.1 Å². The standard InChI is InChI=1S/C13H12F3N7O/c1-22(2)7-4-5-17-12(19-7)23-6-18-8-9(23)20-11(13(14,15)16)21-10(8)24-3/h4-6H,1-3H3. The van der Waals surface area contributed by atoms with Crippen LogP contribution >= 0.6 is 0 Å². The lowest BCUT2D eigenvalue weighted by Crippen LogP contribution is -2.14. The molecule has 3 heterocycles. The summed E-state index contributed by atoms with van der Waals surface area (Å²) in [6.45, 7) is 0. The Labute approximate surface area is 134 Å². The number of imidazole rings is 1. The fourth-order valence-corrected chi connectivity index (χ4v) is 1.99. The van der Waals surface area contributed by atoms with Crippen molar-refractivity contribution >= 4 is 17.0 Å². The van der Waals surface area contributed by atoms with Crippen LogP contribution in [0.4, 0.5) is 19.0 Å². The van der Waals surface area contributed by atoms with Gasteiger partial charge < -0.3 is 9.64 Å². The average Bonchev–Trinajstić information content (AvgIpc) is 2.97. The van der Waals surface area contributed by atoms with E-state index in [1.54, 1.807) is 25.1 Å². The van der Waals surface area contributed by atoms with E-state index < -0.39 is 12.0 Å². The third kappa shape index (κ3) is 2.68. The Hall–Kier alpha value is -2.98. The van der Waals surface area contributed by atoms with E-state index in [0.29, 0.717) is 5.82 Å². The van der Waals surface area contributed by atoms with Crippen LogP contribution in [0.1, 0.15) is 5.82 Å². The van der Waals surface area contributed by atoms with Crippen molar-refractivity contribution in [3.05, 3.63) is 24.4 Å². The van der Waals surface area contributed by atoms with Crippen molar-refractivity contribution in [2.75, 3.05) is 26.1 Å². The van der Waals surface area contributed by atoms with Crippen LogP contribution in [0.2, 0.25) is 0 Å². The number of anilines is 1. The number of hydrogen-bond acceptors (Lipinski definition) is 7. The molecule has 0 N–H and O–H groups in total. The van der Waals surface area contributed by atoms with Crippen LogP contribution < -0.4 is 9.64 Å². The van der Waals surface area contributed by atoms with E-state index in [4.69, 9.17) is 4.74 Å². The monoisotopic (exact) mass is 339 g/mol. The fourth-order valence-electron chi connectivity index (χ4n) is 1.99. The first-order valence-corrected chi connectivity index (χ1v) is 6.68. The van der Waals surface area contributed by atoms with Crippen LogP contribution in [-0.4, -0.2) is 50.7 Å². The highest BCUT2D eigenvalue weighted by atomic mass is 19.4. The van der Waals surface area contributed by atoms with Gasteiger partial charge in [0.2, 0.25) is 17.7 Å². The van der Waals surface area contributed by atoms with Crippen LogP contribution in [0.5, 0.6) is 5.88 Å². The second kappa shape index (κ2) is 5.58. The summed E-state index contributed by atoms with van der Waals surface area (Å²) in [5.74, 6) is -0.872. The van der Waals surface area contributed by atoms with Gasteiger partial charge in [-0.2, -0.15) is 23.1 Å². The number of nitrogens with zero attached hydrogens (tertiary/aromatic N) is 7. The first-order chi connectivity index (χ1) is 11.3. The fraction of sp³-hybridized carbons (Fsp3) is 0.308. The van der Waals surface area contributed by atoms with Crippen molar-refractivity contribution in [3.63, 3.8) is 0 Å². The lowest BCUT2D eigenvalue weighted by Gasteiger charge is -2.12. The van der Waals surface area contributed by atoms with Gasteiger partial charge in [0.05, 0.1) is 7.11 Å². The van der Waals surface area contributed by atoms with Crippen LogP contribution in [0.3, 0.4) is 0 Å². The van der Waals surface area contributed by atoms with Crippen LogP contribution in [0, 0.1) is 0 Å². The second-order valence-electron chi connectivity index (χ2n) is 4.95. The molecule has 0 radical (unpaired) electrons. The normalized spacial score (nSPS) is 11.8. The number of alkyl halides is 3. The molecule has 0 amide bonds. The van der Waals surface area contributed by atoms with E-state index in [-0.39, 0.29) is 23.0 Å². The quantitative estimate of drug-likeness (QED) is 0.718. The Morgan fingerprint density at radius 2 is 1.88 bits per heavy atom. The topological polar surface area (TPSA) is 81.8 Å². The third-order valence-electron chi connectivity index (χ3n) is 3.11. The van der Waals surface area contributed by atoms with Crippen LogP contribution in [0.15, 0.2) is 18.6 Å². The molecule has 0 unspecified atom stereocenters. The van der Waals surface area contributed by atoms with Gasteiger partial charge in [-0.05, 0) is 6.07 Å². The van der Waals surface area contributed by atoms with E-state index in [9.17, 15) is 13.2 Å². The molecule has 0 saturated carbocycles. The van der Waals surface area contributed by atoms with Crippen molar-refractivity contribution in [1.29, 1.82) is 0 Å². The maximum atomic E-state index is 13.0.